The van der Waals surface area contributed by atoms with E-state index in [1.54, 1.807) is 10.9 Å². The third-order valence-electron chi connectivity index (χ3n) is 4.92. The van der Waals surface area contributed by atoms with Crippen molar-refractivity contribution >= 4 is 27.2 Å². The summed E-state index contributed by atoms with van der Waals surface area (Å²) < 4.78 is 3.24. The Bertz CT molecular complexity index is 1170. The smallest absolute Gasteiger partial charge is 0.283 e. The van der Waals surface area contributed by atoms with E-state index in [-0.39, 0.29) is 5.56 Å². The average molecular weight is 366 g/mol. The normalized spacial score (nSPS) is 15.9. The Morgan fingerprint density at radius 1 is 1.23 bits per heavy atom. The molecule has 1 aliphatic heterocycles. The molecule has 7 nitrogen and oxygen atoms in total. The Kier molecular flexibility index (Phi) is 3.61. The highest BCUT2D eigenvalue weighted by molar-refractivity contribution is 7.16. The topological polar surface area (TPSA) is 77.1 Å². The highest BCUT2D eigenvalue weighted by Gasteiger charge is 2.21. The monoisotopic (exact) mass is 366 g/mol. The molecule has 0 bridgehead atoms. The SMILES string of the molecule is Cn1cc2cc(-c3cnc4sc(C5CCNCC5)nn4c3=O)ccc2n1. The summed E-state index contributed by atoms with van der Waals surface area (Å²) in [7, 11) is 1.89. The van der Waals surface area contributed by atoms with Crippen LogP contribution in [-0.2, 0) is 7.05 Å². The van der Waals surface area contributed by atoms with Crippen LogP contribution in [0, 0.1) is 0 Å². The fourth-order valence-corrected chi connectivity index (χ4v) is 4.58. The van der Waals surface area contributed by atoms with Crippen molar-refractivity contribution < 1.29 is 0 Å². The van der Waals surface area contributed by atoms with Gasteiger partial charge in [-0.15, -0.1) is 0 Å². The number of aryl methyl sites for hydroxylation is 1. The summed E-state index contributed by atoms with van der Waals surface area (Å²) in [6.07, 6.45) is 5.72. The molecular formula is C18H18N6OS. The first kappa shape index (κ1) is 15.7. The Hall–Kier alpha value is -2.58. The third-order valence-corrected chi connectivity index (χ3v) is 6.01. The van der Waals surface area contributed by atoms with Gasteiger partial charge in [-0.1, -0.05) is 17.4 Å². The molecule has 0 unspecified atom stereocenters. The highest BCUT2D eigenvalue weighted by atomic mass is 32.1. The molecule has 0 radical (unpaired) electrons. The van der Waals surface area contributed by atoms with E-state index in [4.69, 9.17) is 0 Å². The quantitative estimate of drug-likeness (QED) is 0.588. The zero-order valence-corrected chi connectivity index (χ0v) is 15.2. The van der Waals surface area contributed by atoms with Crippen molar-refractivity contribution in [2.45, 2.75) is 18.8 Å². The second-order valence-corrected chi connectivity index (χ2v) is 7.70. The third kappa shape index (κ3) is 2.53. The van der Waals surface area contributed by atoms with E-state index in [0.29, 0.717) is 16.4 Å². The van der Waals surface area contributed by atoms with Crippen LogP contribution in [0.3, 0.4) is 0 Å². The Labute approximate surface area is 153 Å². The zero-order valence-electron chi connectivity index (χ0n) is 14.3. The van der Waals surface area contributed by atoms with Gasteiger partial charge >= 0.3 is 0 Å². The lowest BCUT2D eigenvalue weighted by molar-refractivity contribution is 0.456. The predicted octanol–water partition coefficient (Wildman–Crippen LogP) is 2.17. The largest absolute Gasteiger partial charge is 0.317 e. The van der Waals surface area contributed by atoms with Crippen molar-refractivity contribution in [3.63, 3.8) is 0 Å². The first-order valence-electron chi connectivity index (χ1n) is 8.72. The van der Waals surface area contributed by atoms with Crippen LogP contribution in [0.5, 0.6) is 0 Å². The molecule has 1 fully saturated rings. The molecule has 4 aromatic rings. The van der Waals surface area contributed by atoms with Crippen molar-refractivity contribution in [2.75, 3.05) is 13.1 Å². The molecule has 1 N–H and O–H groups in total. The Balaban J connectivity index is 1.61. The van der Waals surface area contributed by atoms with Gasteiger partial charge < -0.3 is 5.32 Å². The first-order chi connectivity index (χ1) is 12.7. The number of nitrogens with one attached hydrogen (secondary N) is 1. The van der Waals surface area contributed by atoms with Gasteiger partial charge in [-0.3, -0.25) is 9.48 Å². The number of fused-ring (bicyclic) bond motifs is 2. The molecule has 26 heavy (non-hydrogen) atoms. The van der Waals surface area contributed by atoms with Gasteiger partial charge in [-0.05, 0) is 43.6 Å². The number of rotatable bonds is 2. The maximum atomic E-state index is 13.0. The van der Waals surface area contributed by atoms with E-state index in [0.717, 1.165) is 47.4 Å². The van der Waals surface area contributed by atoms with Crippen LogP contribution in [0.15, 0.2) is 35.4 Å². The number of piperidine rings is 1. The van der Waals surface area contributed by atoms with Crippen LogP contribution in [0.25, 0.3) is 27.0 Å². The van der Waals surface area contributed by atoms with Crippen molar-refractivity contribution in [3.05, 3.63) is 46.0 Å². The molecule has 1 aliphatic rings. The summed E-state index contributed by atoms with van der Waals surface area (Å²) in [5.74, 6) is 0.414. The van der Waals surface area contributed by atoms with Gasteiger partial charge in [0.25, 0.3) is 5.56 Å². The van der Waals surface area contributed by atoms with Crippen LogP contribution in [0.4, 0.5) is 0 Å². The fourth-order valence-electron chi connectivity index (χ4n) is 3.55. The summed E-state index contributed by atoms with van der Waals surface area (Å²) >= 11 is 1.53. The second-order valence-electron chi connectivity index (χ2n) is 6.71. The van der Waals surface area contributed by atoms with Gasteiger partial charge in [0, 0.05) is 30.7 Å². The standard InChI is InChI=1S/C18H18N6OS/c1-23-10-13-8-12(2-3-15(13)21-23)14-9-20-18-24(17(14)25)22-16(26-18)11-4-6-19-7-5-11/h2-3,8-11,19H,4-7H2,1H3. The van der Waals surface area contributed by atoms with Gasteiger partial charge in [0.15, 0.2) is 0 Å². The summed E-state index contributed by atoms with van der Waals surface area (Å²) in [5, 5.41) is 14.4. The van der Waals surface area contributed by atoms with Crippen molar-refractivity contribution in [1.82, 2.24) is 29.7 Å². The molecule has 132 valence electrons. The van der Waals surface area contributed by atoms with Crippen LogP contribution in [0.2, 0.25) is 0 Å². The molecule has 0 spiro atoms. The maximum Gasteiger partial charge on any atom is 0.283 e. The molecule has 1 aromatic carbocycles. The second kappa shape index (κ2) is 6.00. The number of nitrogens with zero attached hydrogens (tertiary/aromatic N) is 5. The molecule has 0 atom stereocenters. The minimum atomic E-state index is -0.116. The molecule has 8 heteroatoms. The lowest BCUT2D eigenvalue weighted by Gasteiger charge is -2.19. The molecule has 4 heterocycles. The van der Waals surface area contributed by atoms with E-state index in [9.17, 15) is 4.79 Å². The molecule has 0 saturated carbocycles. The first-order valence-corrected chi connectivity index (χ1v) is 9.54. The van der Waals surface area contributed by atoms with Crippen LogP contribution in [-0.4, -0.2) is 37.5 Å². The number of hydrogen-bond donors (Lipinski definition) is 1. The molecule has 0 aliphatic carbocycles. The van der Waals surface area contributed by atoms with Gasteiger partial charge in [0.2, 0.25) is 4.96 Å². The maximum absolute atomic E-state index is 13.0. The van der Waals surface area contributed by atoms with E-state index < -0.39 is 0 Å². The van der Waals surface area contributed by atoms with E-state index in [2.05, 4.69) is 20.5 Å². The number of benzene rings is 1. The van der Waals surface area contributed by atoms with Gasteiger partial charge in [0.05, 0.1) is 11.1 Å². The summed E-state index contributed by atoms with van der Waals surface area (Å²) in [6.45, 7) is 2.00. The van der Waals surface area contributed by atoms with Gasteiger partial charge in [-0.25, -0.2) is 4.98 Å². The average Bonchev–Trinajstić information content (AvgIpc) is 3.25. The van der Waals surface area contributed by atoms with E-state index >= 15 is 0 Å². The van der Waals surface area contributed by atoms with Crippen molar-refractivity contribution in [2.24, 2.45) is 7.05 Å². The number of aromatic nitrogens is 5. The Morgan fingerprint density at radius 3 is 2.92 bits per heavy atom. The molecular weight excluding hydrogens is 348 g/mol. The van der Waals surface area contributed by atoms with Crippen molar-refractivity contribution in [1.29, 1.82) is 0 Å². The predicted molar refractivity (Wildman–Crippen MR) is 102 cm³/mol. The molecule has 0 amide bonds. The zero-order chi connectivity index (χ0) is 17.7. The lowest BCUT2D eigenvalue weighted by atomic mass is 9.99. The van der Waals surface area contributed by atoms with Crippen LogP contribution in [0.1, 0.15) is 23.8 Å². The van der Waals surface area contributed by atoms with E-state index in [1.807, 2.05) is 31.4 Å². The minimum Gasteiger partial charge on any atom is -0.317 e. The molecule has 1 saturated heterocycles. The van der Waals surface area contributed by atoms with Crippen LogP contribution < -0.4 is 10.9 Å². The highest BCUT2D eigenvalue weighted by Crippen LogP contribution is 2.29. The van der Waals surface area contributed by atoms with Crippen LogP contribution >= 0.6 is 11.3 Å². The van der Waals surface area contributed by atoms with Gasteiger partial charge in [-0.2, -0.15) is 14.7 Å². The molecule has 3 aromatic heterocycles. The van der Waals surface area contributed by atoms with Gasteiger partial charge in [0.1, 0.15) is 5.01 Å². The summed E-state index contributed by atoms with van der Waals surface area (Å²) in [4.78, 5) is 18.2. The fraction of sp³-hybridized carbons (Fsp3) is 0.333. The Morgan fingerprint density at radius 2 is 2.08 bits per heavy atom. The number of hydrogen-bond acceptors (Lipinski definition) is 6. The summed E-state index contributed by atoms with van der Waals surface area (Å²) in [5.41, 5.74) is 2.20. The van der Waals surface area contributed by atoms with E-state index in [1.165, 1.54) is 15.9 Å². The van der Waals surface area contributed by atoms with Crippen molar-refractivity contribution in [3.8, 4) is 11.1 Å². The summed E-state index contributed by atoms with van der Waals surface area (Å²) in [6, 6.07) is 5.83. The molecule has 5 rings (SSSR count). The minimum absolute atomic E-state index is 0.116. The lowest BCUT2D eigenvalue weighted by Crippen LogP contribution is -2.26.